The largest absolute Gasteiger partial charge is 0.515 e. The van der Waals surface area contributed by atoms with Crippen LogP contribution in [0.15, 0.2) is 11.8 Å². The summed E-state index contributed by atoms with van der Waals surface area (Å²) < 4.78 is 4.91. The number of unbranched alkanes of at least 4 members (excludes halogenated alkanes) is 4. The molecule has 0 aliphatic heterocycles. The predicted molar refractivity (Wildman–Crippen MR) is 56.1 cm³/mol. The van der Waals surface area contributed by atoms with Gasteiger partial charge >= 0.3 is 5.97 Å². The second-order valence-corrected chi connectivity index (χ2v) is 3.36. The zero-order valence-corrected chi connectivity index (χ0v) is 9.08. The molecule has 0 unspecified atom stereocenters. The Labute approximate surface area is 85.8 Å². The van der Waals surface area contributed by atoms with Crippen molar-refractivity contribution in [2.75, 3.05) is 6.61 Å². The number of hydrogen-bond acceptors (Lipinski definition) is 3. The van der Waals surface area contributed by atoms with Gasteiger partial charge in [-0.1, -0.05) is 32.6 Å². The number of rotatable bonds is 7. The summed E-state index contributed by atoms with van der Waals surface area (Å²) in [7, 11) is 0. The first-order valence-electron chi connectivity index (χ1n) is 5.20. The zero-order chi connectivity index (χ0) is 10.8. The van der Waals surface area contributed by atoms with Crippen molar-refractivity contribution in [2.45, 2.75) is 46.0 Å². The van der Waals surface area contributed by atoms with Crippen LogP contribution in [0, 0.1) is 0 Å². The smallest absolute Gasteiger partial charge is 0.336 e. The minimum absolute atomic E-state index is 0.249. The Bertz CT molecular complexity index is 185. The summed E-state index contributed by atoms with van der Waals surface area (Å²) in [5, 5.41) is 8.51. The number of esters is 1. The van der Waals surface area contributed by atoms with Crippen molar-refractivity contribution in [1.82, 2.24) is 0 Å². The summed E-state index contributed by atoms with van der Waals surface area (Å²) in [4.78, 5) is 11.0. The summed E-state index contributed by atoms with van der Waals surface area (Å²) in [6.45, 7) is 4.14. The molecule has 0 aromatic carbocycles. The summed E-state index contributed by atoms with van der Waals surface area (Å²) in [6, 6.07) is 0. The van der Waals surface area contributed by atoms with Gasteiger partial charge in [0.25, 0.3) is 0 Å². The number of carbonyl (C=O) groups is 1. The van der Waals surface area contributed by atoms with Crippen LogP contribution in [0.3, 0.4) is 0 Å². The fraction of sp³-hybridized carbons (Fsp3) is 0.727. The zero-order valence-electron chi connectivity index (χ0n) is 9.08. The number of hydrogen-bond donors (Lipinski definition) is 1. The molecule has 3 nitrogen and oxygen atoms in total. The lowest BCUT2D eigenvalue weighted by Crippen LogP contribution is -2.06. The van der Waals surface area contributed by atoms with Crippen LogP contribution in [0.4, 0.5) is 0 Å². The van der Waals surface area contributed by atoms with E-state index in [0.717, 1.165) is 19.1 Å². The molecule has 0 aromatic heterocycles. The highest BCUT2D eigenvalue weighted by Gasteiger charge is 2.04. The third-order valence-corrected chi connectivity index (χ3v) is 2.00. The summed E-state index contributed by atoms with van der Waals surface area (Å²) >= 11 is 0. The molecule has 1 N–H and O–H groups in total. The molecule has 0 aromatic rings. The monoisotopic (exact) mass is 200 g/mol. The maximum atomic E-state index is 11.0. The molecule has 0 fully saturated rings. The quantitative estimate of drug-likeness (QED) is 0.297. The lowest BCUT2D eigenvalue weighted by Gasteiger charge is -2.03. The first-order valence-corrected chi connectivity index (χ1v) is 5.20. The molecule has 0 aliphatic carbocycles. The van der Waals surface area contributed by atoms with Crippen molar-refractivity contribution in [2.24, 2.45) is 0 Å². The van der Waals surface area contributed by atoms with Crippen molar-refractivity contribution >= 4 is 5.97 Å². The second kappa shape index (κ2) is 8.60. The summed E-state index contributed by atoms with van der Waals surface area (Å²) in [6.07, 6.45) is 6.44. The fourth-order valence-corrected chi connectivity index (χ4v) is 1.04. The van der Waals surface area contributed by atoms with Crippen LogP contribution in [0.1, 0.15) is 46.0 Å². The van der Waals surface area contributed by atoms with E-state index in [2.05, 4.69) is 6.92 Å². The average molecular weight is 200 g/mol. The van der Waals surface area contributed by atoms with Crippen molar-refractivity contribution in [3.63, 3.8) is 0 Å². The highest BCUT2D eigenvalue weighted by Crippen LogP contribution is 2.03. The van der Waals surface area contributed by atoms with Crippen molar-refractivity contribution < 1.29 is 14.6 Å². The first-order chi connectivity index (χ1) is 6.72. The molecule has 0 heterocycles. The molecule has 0 spiro atoms. The molecule has 3 heteroatoms. The molecular formula is C11H20O3. The Balaban J connectivity index is 3.32. The highest BCUT2D eigenvalue weighted by atomic mass is 16.5. The summed E-state index contributed by atoms with van der Waals surface area (Å²) in [5.41, 5.74) is 0.249. The molecular weight excluding hydrogens is 180 g/mol. The van der Waals surface area contributed by atoms with Crippen LogP contribution in [0.25, 0.3) is 0 Å². The van der Waals surface area contributed by atoms with Crippen molar-refractivity contribution in [3.05, 3.63) is 11.8 Å². The number of carbonyl (C=O) groups excluding carboxylic acids is 1. The first kappa shape index (κ1) is 13.0. The van der Waals surface area contributed by atoms with E-state index >= 15 is 0 Å². The van der Waals surface area contributed by atoms with Crippen LogP contribution in [0.2, 0.25) is 0 Å². The Morgan fingerprint density at radius 2 is 1.93 bits per heavy atom. The molecule has 82 valence electrons. The fourth-order valence-electron chi connectivity index (χ4n) is 1.04. The van der Waals surface area contributed by atoms with E-state index < -0.39 is 5.97 Å². The lowest BCUT2D eigenvalue weighted by molar-refractivity contribution is -0.139. The Kier molecular flexibility index (Phi) is 7.99. The van der Waals surface area contributed by atoms with Gasteiger partial charge in [0.2, 0.25) is 0 Å². The minimum atomic E-state index is -0.428. The highest BCUT2D eigenvalue weighted by molar-refractivity contribution is 5.87. The SMILES string of the molecule is CCCCCCCOC(=O)C(C)=CO. The van der Waals surface area contributed by atoms with Gasteiger partial charge in [-0.05, 0) is 13.3 Å². The standard InChI is InChI=1S/C11H20O3/c1-3-4-5-6-7-8-14-11(13)10(2)9-12/h9,12H,3-8H2,1-2H3. The average Bonchev–Trinajstić information content (AvgIpc) is 2.21. The van der Waals surface area contributed by atoms with Crippen molar-refractivity contribution in [3.8, 4) is 0 Å². The maximum absolute atomic E-state index is 11.0. The van der Waals surface area contributed by atoms with E-state index in [1.165, 1.54) is 26.2 Å². The van der Waals surface area contributed by atoms with Gasteiger partial charge in [-0.15, -0.1) is 0 Å². The van der Waals surface area contributed by atoms with Gasteiger partial charge in [0, 0.05) is 0 Å². The van der Waals surface area contributed by atoms with Crippen LogP contribution >= 0.6 is 0 Å². The Morgan fingerprint density at radius 1 is 1.29 bits per heavy atom. The van der Waals surface area contributed by atoms with E-state index in [9.17, 15) is 4.79 Å². The van der Waals surface area contributed by atoms with Crippen LogP contribution in [0.5, 0.6) is 0 Å². The van der Waals surface area contributed by atoms with Gasteiger partial charge in [-0.3, -0.25) is 0 Å². The topological polar surface area (TPSA) is 46.5 Å². The van der Waals surface area contributed by atoms with Gasteiger partial charge in [0.1, 0.15) is 0 Å². The molecule has 0 atom stereocenters. The van der Waals surface area contributed by atoms with E-state index in [0.29, 0.717) is 6.61 Å². The molecule has 0 amide bonds. The number of ether oxygens (including phenoxy) is 1. The molecule has 0 bridgehead atoms. The molecule has 0 saturated heterocycles. The molecule has 0 saturated carbocycles. The predicted octanol–water partition coefficient (Wildman–Crippen LogP) is 2.96. The van der Waals surface area contributed by atoms with Crippen LogP contribution in [-0.4, -0.2) is 17.7 Å². The molecule has 0 rings (SSSR count). The van der Waals surface area contributed by atoms with Gasteiger partial charge in [0.05, 0.1) is 18.4 Å². The molecule has 0 aliphatic rings. The van der Waals surface area contributed by atoms with E-state index in [4.69, 9.17) is 9.84 Å². The molecule has 0 radical (unpaired) electrons. The maximum Gasteiger partial charge on any atom is 0.336 e. The number of aliphatic hydroxyl groups excluding tert-OH is 1. The van der Waals surface area contributed by atoms with Crippen LogP contribution < -0.4 is 0 Å². The van der Waals surface area contributed by atoms with Crippen molar-refractivity contribution in [1.29, 1.82) is 0 Å². The van der Waals surface area contributed by atoms with Crippen LogP contribution in [-0.2, 0) is 9.53 Å². The van der Waals surface area contributed by atoms with Gasteiger partial charge in [-0.25, -0.2) is 4.79 Å². The van der Waals surface area contributed by atoms with Gasteiger partial charge < -0.3 is 9.84 Å². The lowest BCUT2D eigenvalue weighted by atomic mass is 10.2. The third-order valence-electron chi connectivity index (χ3n) is 2.00. The Morgan fingerprint density at radius 3 is 2.50 bits per heavy atom. The third kappa shape index (κ3) is 6.52. The van der Waals surface area contributed by atoms with Gasteiger partial charge in [0.15, 0.2) is 0 Å². The number of aliphatic hydroxyl groups is 1. The molecule has 14 heavy (non-hydrogen) atoms. The van der Waals surface area contributed by atoms with E-state index in [1.54, 1.807) is 0 Å². The minimum Gasteiger partial charge on any atom is -0.515 e. The van der Waals surface area contributed by atoms with Gasteiger partial charge in [-0.2, -0.15) is 0 Å². The van der Waals surface area contributed by atoms with E-state index in [-0.39, 0.29) is 5.57 Å². The Hall–Kier alpha value is -0.990. The summed E-state index contributed by atoms with van der Waals surface area (Å²) in [5.74, 6) is -0.428. The van der Waals surface area contributed by atoms with E-state index in [1.807, 2.05) is 0 Å². The second-order valence-electron chi connectivity index (χ2n) is 3.36. The normalized spacial score (nSPS) is 11.4.